The van der Waals surface area contributed by atoms with E-state index in [1.54, 1.807) is 24.3 Å². The Bertz CT molecular complexity index is 515. The Labute approximate surface area is 121 Å². The summed E-state index contributed by atoms with van der Waals surface area (Å²) in [5.41, 5.74) is 6.25. The summed E-state index contributed by atoms with van der Waals surface area (Å²) in [7, 11) is -3.28. The van der Waals surface area contributed by atoms with Gasteiger partial charge in [0.2, 0.25) is 10.0 Å². The number of para-hydroxylation sites is 2. The molecule has 6 heteroatoms. The van der Waals surface area contributed by atoms with E-state index in [2.05, 4.69) is 0 Å². The number of nitrogens with zero attached hydrogens (tertiary/aromatic N) is 1. The maximum atomic E-state index is 12.2. The van der Waals surface area contributed by atoms with Crippen LogP contribution in [-0.4, -0.2) is 38.2 Å². The fourth-order valence-electron chi connectivity index (χ4n) is 1.84. The van der Waals surface area contributed by atoms with Gasteiger partial charge in [-0.3, -0.25) is 0 Å². The molecule has 0 unspecified atom stereocenters. The number of hydrogen-bond donors (Lipinski definition) is 1. The van der Waals surface area contributed by atoms with Crippen LogP contribution in [0.25, 0.3) is 0 Å². The molecule has 1 rings (SSSR count). The van der Waals surface area contributed by atoms with E-state index in [1.165, 1.54) is 4.31 Å². The van der Waals surface area contributed by atoms with Crippen LogP contribution in [0.3, 0.4) is 0 Å². The van der Waals surface area contributed by atoms with Crippen molar-refractivity contribution in [2.45, 2.75) is 20.8 Å². The van der Waals surface area contributed by atoms with Crippen molar-refractivity contribution in [3.8, 4) is 5.75 Å². The molecule has 0 heterocycles. The molecule has 1 aromatic rings. The van der Waals surface area contributed by atoms with Crippen molar-refractivity contribution in [3.05, 3.63) is 24.3 Å². The minimum atomic E-state index is -3.28. The number of nitrogen functional groups attached to an aromatic ring is 1. The maximum Gasteiger partial charge on any atom is 0.217 e. The number of rotatable bonds is 8. The Balaban J connectivity index is 2.57. The number of sulfonamides is 1. The van der Waals surface area contributed by atoms with Crippen molar-refractivity contribution < 1.29 is 13.2 Å². The summed E-state index contributed by atoms with van der Waals surface area (Å²) < 4.78 is 31.3. The third-order valence-electron chi connectivity index (χ3n) is 2.83. The van der Waals surface area contributed by atoms with E-state index < -0.39 is 10.0 Å². The molecule has 1 aromatic carbocycles. The van der Waals surface area contributed by atoms with Crippen molar-refractivity contribution in [1.82, 2.24) is 4.31 Å². The molecule has 0 aliphatic carbocycles. The zero-order valence-electron chi connectivity index (χ0n) is 12.4. The van der Waals surface area contributed by atoms with Gasteiger partial charge in [-0.15, -0.1) is 0 Å². The second-order valence-electron chi connectivity index (χ2n) is 5.05. The molecule has 0 saturated heterocycles. The molecule has 20 heavy (non-hydrogen) atoms. The maximum absolute atomic E-state index is 12.2. The lowest BCUT2D eigenvalue weighted by atomic mass is 10.2. The Hall–Kier alpha value is -1.27. The van der Waals surface area contributed by atoms with Gasteiger partial charge in [0.05, 0.1) is 11.4 Å². The fraction of sp³-hybridized carbons (Fsp3) is 0.571. The van der Waals surface area contributed by atoms with Gasteiger partial charge in [-0.05, 0) is 18.1 Å². The molecule has 0 aromatic heterocycles. The van der Waals surface area contributed by atoms with Crippen molar-refractivity contribution in [2.75, 3.05) is 31.2 Å². The highest BCUT2D eigenvalue weighted by atomic mass is 32.2. The van der Waals surface area contributed by atoms with Gasteiger partial charge < -0.3 is 10.5 Å². The second kappa shape index (κ2) is 7.50. The molecule has 0 radical (unpaired) electrons. The topological polar surface area (TPSA) is 72.6 Å². The molecular weight excluding hydrogens is 276 g/mol. The highest BCUT2D eigenvalue weighted by Crippen LogP contribution is 2.19. The summed E-state index contributed by atoms with van der Waals surface area (Å²) >= 11 is 0. The van der Waals surface area contributed by atoms with E-state index in [9.17, 15) is 8.42 Å². The van der Waals surface area contributed by atoms with Crippen molar-refractivity contribution >= 4 is 15.7 Å². The van der Waals surface area contributed by atoms with Crippen LogP contribution < -0.4 is 10.5 Å². The summed E-state index contributed by atoms with van der Waals surface area (Å²) in [5, 5.41) is 0. The van der Waals surface area contributed by atoms with Crippen molar-refractivity contribution in [2.24, 2.45) is 5.92 Å². The van der Waals surface area contributed by atoms with E-state index in [0.717, 1.165) is 0 Å². The molecule has 5 nitrogen and oxygen atoms in total. The van der Waals surface area contributed by atoms with Gasteiger partial charge in [-0.1, -0.05) is 32.9 Å². The molecule has 0 aliphatic heterocycles. The molecule has 0 aliphatic rings. The molecule has 2 N–H and O–H groups in total. The minimum Gasteiger partial charge on any atom is -0.490 e. The first kappa shape index (κ1) is 16.8. The van der Waals surface area contributed by atoms with E-state index in [1.807, 2.05) is 20.8 Å². The van der Waals surface area contributed by atoms with Gasteiger partial charge in [-0.2, -0.15) is 0 Å². The molecule has 0 saturated carbocycles. The number of anilines is 1. The Kier molecular flexibility index (Phi) is 6.29. The summed E-state index contributed by atoms with van der Waals surface area (Å²) in [6, 6.07) is 7.06. The predicted octanol–water partition coefficient (Wildman–Crippen LogP) is 1.96. The van der Waals surface area contributed by atoms with Crippen LogP contribution in [0.15, 0.2) is 24.3 Å². The SMILES string of the molecule is CCN(CC(C)C)S(=O)(=O)CCOc1ccccc1N. The lowest BCUT2D eigenvalue weighted by molar-refractivity contribution is 0.332. The standard InChI is InChI=1S/C14H24N2O3S/c1-4-16(11-12(2)3)20(17,18)10-9-19-14-8-6-5-7-13(14)15/h5-8,12H,4,9-11,15H2,1-3H3. The molecule has 0 spiro atoms. The van der Waals surface area contributed by atoms with Crippen LogP contribution in [0.1, 0.15) is 20.8 Å². The van der Waals surface area contributed by atoms with Crippen LogP contribution >= 0.6 is 0 Å². The van der Waals surface area contributed by atoms with Crippen LogP contribution in [0.4, 0.5) is 5.69 Å². The zero-order chi connectivity index (χ0) is 15.2. The Morgan fingerprint density at radius 3 is 2.50 bits per heavy atom. The molecule has 0 amide bonds. The third kappa shape index (κ3) is 5.02. The lowest BCUT2D eigenvalue weighted by Crippen LogP contribution is -2.37. The second-order valence-corrected chi connectivity index (χ2v) is 7.14. The summed E-state index contributed by atoms with van der Waals surface area (Å²) in [6.45, 7) is 6.96. The minimum absolute atomic E-state index is 0.0398. The summed E-state index contributed by atoms with van der Waals surface area (Å²) in [4.78, 5) is 0. The first-order valence-corrected chi connectivity index (χ1v) is 8.43. The fourth-order valence-corrected chi connectivity index (χ4v) is 3.32. The van der Waals surface area contributed by atoms with E-state index in [0.29, 0.717) is 30.4 Å². The molecule has 0 fully saturated rings. The van der Waals surface area contributed by atoms with Gasteiger partial charge in [-0.25, -0.2) is 12.7 Å². The third-order valence-corrected chi connectivity index (χ3v) is 4.71. The number of hydrogen-bond acceptors (Lipinski definition) is 4. The van der Waals surface area contributed by atoms with Crippen LogP contribution in [0.5, 0.6) is 5.75 Å². The average Bonchev–Trinajstić information content (AvgIpc) is 2.37. The summed E-state index contributed by atoms with van der Waals surface area (Å²) in [6.07, 6.45) is 0. The smallest absolute Gasteiger partial charge is 0.217 e. The Morgan fingerprint density at radius 1 is 1.30 bits per heavy atom. The van der Waals surface area contributed by atoms with Gasteiger partial charge in [0, 0.05) is 13.1 Å². The predicted molar refractivity (Wildman–Crippen MR) is 82.2 cm³/mol. The zero-order valence-corrected chi connectivity index (χ0v) is 13.2. The highest BCUT2D eigenvalue weighted by molar-refractivity contribution is 7.89. The molecule has 0 atom stereocenters. The largest absolute Gasteiger partial charge is 0.490 e. The molecule has 114 valence electrons. The highest BCUT2D eigenvalue weighted by Gasteiger charge is 2.21. The van der Waals surface area contributed by atoms with Crippen LogP contribution in [0, 0.1) is 5.92 Å². The first-order valence-electron chi connectivity index (χ1n) is 6.82. The number of nitrogens with two attached hydrogens (primary N) is 1. The van der Waals surface area contributed by atoms with E-state index in [4.69, 9.17) is 10.5 Å². The van der Waals surface area contributed by atoms with Crippen LogP contribution in [0.2, 0.25) is 0 Å². The lowest BCUT2D eigenvalue weighted by Gasteiger charge is -2.22. The van der Waals surface area contributed by atoms with E-state index >= 15 is 0 Å². The number of benzene rings is 1. The van der Waals surface area contributed by atoms with Gasteiger partial charge in [0.25, 0.3) is 0 Å². The average molecular weight is 300 g/mol. The number of ether oxygens (including phenoxy) is 1. The van der Waals surface area contributed by atoms with Gasteiger partial charge in [0.15, 0.2) is 0 Å². The van der Waals surface area contributed by atoms with Crippen molar-refractivity contribution in [3.63, 3.8) is 0 Å². The van der Waals surface area contributed by atoms with Crippen molar-refractivity contribution in [1.29, 1.82) is 0 Å². The van der Waals surface area contributed by atoms with E-state index in [-0.39, 0.29) is 12.4 Å². The summed E-state index contributed by atoms with van der Waals surface area (Å²) in [5.74, 6) is 0.784. The molecular formula is C14H24N2O3S. The quantitative estimate of drug-likeness (QED) is 0.745. The van der Waals surface area contributed by atoms with Gasteiger partial charge in [0.1, 0.15) is 12.4 Å². The molecule has 0 bridgehead atoms. The van der Waals surface area contributed by atoms with Crippen LogP contribution in [-0.2, 0) is 10.0 Å². The Morgan fingerprint density at radius 2 is 1.95 bits per heavy atom. The van der Waals surface area contributed by atoms with Gasteiger partial charge >= 0.3 is 0 Å². The monoisotopic (exact) mass is 300 g/mol. The first-order chi connectivity index (χ1) is 9.36. The normalized spacial score (nSPS) is 12.1.